The second-order valence-corrected chi connectivity index (χ2v) is 5.60. The van der Waals surface area contributed by atoms with E-state index in [4.69, 9.17) is 11.6 Å². The van der Waals surface area contributed by atoms with Crippen LogP contribution in [0.25, 0.3) is 0 Å². The van der Waals surface area contributed by atoms with E-state index >= 15 is 0 Å². The van der Waals surface area contributed by atoms with Gasteiger partial charge in [0.1, 0.15) is 10.0 Å². The van der Waals surface area contributed by atoms with E-state index in [-0.39, 0.29) is 16.6 Å². The molecule has 1 aromatic rings. The molecular weight excluding hydrogens is 266 g/mol. The molecule has 17 heavy (non-hydrogen) atoms. The van der Waals surface area contributed by atoms with E-state index in [0.717, 1.165) is 4.31 Å². The summed E-state index contributed by atoms with van der Waals surface area (Å²) in [6.07, 6.45) is 1.39. The van der Waals surface area contributed by atoms with Crippen LogP contribution in [-0.2, 0) is 14.8 Å². The summed E-state index contributed by atoms with van der Waals surface area (Å²) in [6.45, 7) is -0.274. The van der Waals surface area contributed by atoms with Gasteiger partial charge in [-0.3, -0.25) is 4.79 Å². The van der Waals surface area contributed by atoms with Crippen molar-refractivity contribution in [2.75, 3.05) is 20.6 Å². The SMILES string of the molecule is CNC(=O)CN(C)S(=O)(=O)c1cccnc1Cl. The minimum absolute atomic E-state index is 0.115. The van der Waals surface area contributed by atoms with Gasteiger partial charge in [-0.2, -0.15) is 4.31 Å². The predicted octanol–water partition coefficient (Wildman–Crippen LogP) is 0.102. The first-order chi connectivity index (χ1) is 7.89. The lowest BCUT2D eigenvalue weighted by Gasteiger charge is -2.16. The zero-order valence-electron chi connectivity index (χ0n) is 9.34. The maximum Gasteiger partial charge on any atom is 0.246 e. The average molecular weight is 278 g/mol. The zero-order chi connectivity index (χ0) is 13.1. The van der Waals surface area contributed by atoms with Gasteiger partial charge in [-0.1, -0.05) is 11.6 Å². The monoisotopic (exact) mass is 277 g/mol. The number of carbonyl (C=O) groups excluding carboxylic acids is 1. The Morgan fingerprint density at radius 3 is 2.76 bits per heavy atom. The van der Waals surface area contributed by atoms with Crippen LogP contribution in [0.4, 0.5) is 0 Å². The first-order valence-electron chi connectivity index (χ1n) is 4.67. The Balaban J connectivity index is 3.04. The third kappa shape index (κ3) is 3.15. The second kappa shape index (κ2) is 5.44. The van der Waals surface area contributed by atoms with Crippen LogP contribution < -0.4 is 5.32 Å². The van der Waals surface area contributed by atoms with Crippen molar-refractivity contribution in [3.8, 4) is 0 Å². The number of carbonyl (C=O) groups is 1. The van der Waals surface area contributed by atoms with Crippen molar-refractivity contribution in [2.24, 2.45) is 0 Å². The van der Waals surface area contributed by atoms with E-state index in [2.05, 4.69) is 10.3 Å². The molecule has 0 spiro atoms. The summed E-state index contributed by atoms with van der Waals surface area (Å²) in [6, 6.07) is 2.80. The molecule has 0 atom stereocenters. The molecule has 1 aromatic heterocycles. The number of likely N-dealkylation sites (N-methyl/N-ethyl adjacent to an activating group) is 2. The number of pyridine rings is 1. The highest BCUT2D eigenvalue weighted by atomic mass is 35.5. The molecule has 0 saturated heterocycles. The molecule has 0 saturated carbocycles. The lowest BCUT2D eigenvalue weighted by Crippen LogP contribution is -2.37. The van der Waals surface area contributed by atoms with Crippen LogP contribution in [0.5, 0.6) is 0 Å². The third-order valence-electron chi connectivity index (χ3n) is 2.06. The number of amides is 1. The number of hydrogen-bond donors (Lipinski definition) is 1. The maximum atomic E-state index is 12.0. The molecule has 0 aliphatic rings. The summed E-state index contributed by atoms with van der Waals surface area (Å²) in [7, 11) is -1.07. The van der Waals surface area contributed by atoms with Gasteiger partial charge in [-0.25, -0.2) is 13.4 Å². The molecule has 1 amide bonds. The van der Waals surface area contributed by atoms with Crippen LogP contribution in [-0.4, -0.2) is 44.3 Å². The van der Waals surface area contributed by atoms with Crippen molar-refractivity contribution in [2.45, 2.75) is 4.90 Å². The molecule has 6 nitrogen and oxygen atoms in total. The Labute approximate surface area is 105 Å². The molecule has 1 rings (SSSR count). The fourth-order valence-electron chi connectivity index (χ4n) is 1.10. The lowest BCUT2D eigenvalue weighted by molar-refractivity contribution is -0.120. The highest BCUT2D eigenvalue weighted by molar-refractivity contribution is 7.89. The average Bonchev–Trinajstić information content (AvgIpc) is 2.29. The summed E-state index contributed by atoms with van der Waals surface area (Å²) in [5, 5.41) is 2.23. The number of hydrogen-bond acceptors (Lipinski definition) is 4. The first kappa shape index (κ1) is 13.9. The van der Waals surface area contributed by atoms with Gasteiger partial charge in [0.05, 0.1) is 6.54 Å². The molecule has 94 valence electrons. The molecule has 0 bridgehead atoms. The summed E-state index contributed by atoms with van der Waals surface area (Å²) in [5.74, 6) is -0.406. The summed E-state index contributed by atoms with van der Waals surface area (Å²) < 4.78 is 25.0. The van der Waals surface area contributed by atoms with Gasteiger partial charge in [0.15, 0.2) is 0 Å². The maximum absolute atomic E-state index is 12.0. The van der Waals surface area contributed by atoms with Crippen molar-refractivity contribution in [3.05, 3.63) is 23.5 Å². The van der Waals surface area contributed by atoms with E-state index in [1.807, 2.05) is 0 Å². The minimum Gasteiger partial charge on any atom is -0.358 e. The number of sulfonamides is 1. The molecule has 0 aliphatic heterocycles. The third-order valence-corrected chi connectivity index (χ3v) is 4.31. The van der Waals surface area contributed by atoms with Gasteiger partial charge in [-0.05, 0) is 12.1 Å². The fraction of sp³-hybridized carbons (Fsp3) is 0.333. The Kier molecular flexibility index (Phi) is 4.44. The first-order valence-corrected chi connectivity index (χ1v) is 6.49. The molecule has 1 N–H and O–H groups in total. The summed E-state index contributed by atoms with van der Waals surface area (Å²) in [4.78, 5) is 14.7. The molecular formula is C9H12ClN3O3S. The topological polar surface area (TPSA) is 79.4 Å². The standard InChI is InChI=1S/C9H12ClN3O3S/c1-11-8(14)6-13(2)17(15,16)7-4-3-5-12-9(7)10/h3-5H,6H2,1-2H3,(H,11,14). The van der Waals surface area contributed by atoms with E-state index in [0.29, 0.717) is 0 Å². The van der Waals surface area contributed by atoms with Crippen LogP contribution in [0.1, 0.15) is 0 Å². The predicted molar refractivity (Wildman–Crippen MR) is 63.1 cm³/mol. The van der Waals surface area contributed by atoms with E-state index in [9.17, 15) is 13.2 Å². The number of halogens is 1. The largest absolute Gasteiger partial charge is 0.358 e. The van der Waals surface area contributed by atoms with Gasteiger partial charge in [0.2, 0.25) is 15.9 Å². The summed E-state index contributed by atoms with van der Waals surface area (Å²) in [5.41, 5.74) is 0. The molecule has 0 fully saturated rings. The van der Waals surface area contributed by atoms with Gasteiger partial charge in [-0.15, -0.1) is 0 Å². The van der Waals surface area contributed by atoms with Crippen molar-refractivity contribution in [1.29, 1.82) is 0 Å². The van der Waals surface area contributed by atoms with Crippen molar-refractivity contribution < 1.29 is 13.2 Å². The molecule has 8 heteroatoms. The summed E-state index contributed by atoms with van der Waals surface area (Å²) >= 11 is 5.71. The van der Waals surface area contributed by atoms with Crippen molar-refractivity contribution in [3.63, 3.8) is 0 Å². The van der Waals surface area contributed by atoms with E-state index in [1.54, 1.807) is 0 Å². The number of nitrogens with one attached hydrogen (secondary N) is 1. The second-order valence-electron chi connectivity index (χ2n) is 3.23. The zero-order valence-corrected chi connectivity index (χ0v) is 10.9. The van der Waals surface area contributed by atoms with E-state index in [1.165, 1.54) is 32.4 Å². The fourth-order valence-corrected chi connectivity index (χ4v) is 2.65. The van der Waals surface area contributed by atoms with Crippen molar-refractivity contribution >= 4 is 27.5 Å². The number of nitrogens with zero attached hydrogens (tertiary/aromatic N) is 2. The molecule has 1 heterocycles. The highest BCUT2D eigenvalue weighted by Gasteiger charge is 2.25. The van der Waals surface area contributed by atoms with Crippen LogP contribution in [0.15, 0.2) is 23.2 Å². The van der Waals surface area contributed by atoms with Gasteiger partial charge < -0.3 is 5.32 Å². The quantitative estimate of drug-likeness (QED) is 0.792. The molecule has 0 aromatic carbocycles. The molecule has 0 unspecified atom stereocenters. The van der Waals surface area contributed by atoms with Gasteiger partial charge in [0.25, 0.3) is 0 Å². The van der Waals surface area contributed by atoms with Crippen LogP contribution in [0, 0.1) is 0 Å². The number of rotatable bonds is 4. The minimum atomic E-state index is -3.80. The Morgan fingerprint density at radius 2 is 2.24 bits per heavy atom. The smallest absolute Gasteiger partial charge is 0.246 e. The van der Waals surface area contributed by atoms with Gasteiger partial charge in [0, 0.05) is 20.3 Å². The van der Waals surface area contributed by atoms with Crippen LogP contribution in [0.3, 0.4) is 0 Å². The normalized spacial score (nSPS) is 11.5. The van der Waals surface area contributed by atoms with Crippen LogP contribution >= 0.6 is 11.6 Å². The van der Waals surface area contributed by atoms with Crippen LogP contribution in [0.2, 0.25) is 5.15 Å². The van der Waals surface area contributed by atoms with E-state index < -0.39 is 15.9 Å². The Hall–Kier alpha value is -1.18. The Morgan fingerprint density at radius 1 is 1.59 bits per heavy atom. The highest BCUT2D eigenvalue weighted by Crippen LogP contribution is 2.20. The lowest BCUT2D eigenvalue weighted by atomic mass is 10.5. The van der Waals surface area contributed by atoms with Gasteiger partial charge >= 0.3 is 0 Å². The number of aromatic nitrogens is 1. The van der Waals surface area contributed by atoms with Crippen molar-refractivity contribution in [1.82, 2.24) is 14.6 Å². The molecule has 0 aliphatic carbocycles. The Bertz CT molecular complexity index is 518. The molecule has 0 radical (unpaired) electrons.